The van der Waals surface area contributed by atoms with Crippen LogP contribution in [0.5, 0.6) is 11.5 Å². The topological polar surface area (TPSA) is 43.2 Å². The van der Waals surface area contributed by atoms with Crippen LogP contribution in [0.15, 0.2) is 52.7 Å². The molecule has 5 heteroatoms. The van der Waals surface area contributed by atoms with Crippen molar-refractivity contribution < 1.29 is 9.47 Å². The molecule has 0 aliphatic carbocycles. The van der Waals surface area contributed by atoms with Gasteiger partial charge in [0.15, 0.2) is 11.5 Å². The van der Waals surface area contributed by atoms with Crippen molar-refractivity contribution >= 4 is 22.5 Å². The van der Waals surface area contributed by atoms with Crippen molar-refractivity contribution in [2.45, 2.75) is 6.42 Å². The summed E-state index contributed by atoms with van der Waals surface area (Å²) in [7, 11) is 0. The molecule has 2 aliphatic rings. The molecule has 0 aromatic heterocycles. The molecule has 4 nitrogen and oxygen atoms in total. The molecule has 2 heterocycles. The molecule has 0 fully saturated rings. The Morgan fingerprint density at radius 3 is 2.55 bits per heavy atom. The maximum atomic E-state index is 5.52. The van der Waals surface area contributed by atoms with Gasteiger partial charge in [-0.25, -0.2) is 0 Å². The van der Waals surface area contributed by atoms with E-state index in [2.05, 4.69) is 10.2 Å². The van der Waals surface area contributed by atoms with Crippen LogP contribution in [0.2, 0.25) is 0 Å². The van der Waals surface area contributed by atoms with Crippen LogP contribution < -0.4 is 9.47 Å². The Morgan fingerprint density at radius 1 is 1.00 bits per heavy atom. The third kappa shape index (κ3) is 2.27. The van der Waals surface area contributed by atoms with Gasteiger partial charge in [0, 0.05) is 17.5 Å². The maximum absolute atomic E-state index is 5.52. The lowest BCUT2D eigenvalue weighted by molar-refractivity contribution is 0.174. The summed E-state index contributed by atoms with van der Waals surface area (Å²) in [5.41, 5.74) is 4.15. The minimum Gasteiger partial charge on any atom is -0.454 e. The number of hydrogen-bond donors (Lipinski definition) is 0. The van der Waals surface area contributed by atoms with Gasteiger partial charge in [-0.3, -0.25) is 0 Å². The third-order valence-electron chi connectivity index (χ3n) is 3.74. The fourth-order valence-electron chi connectivity index (χ4n) is 2.63. The van der Waals surface area contributed by atoms with Gasteiger partial charge in [-0.1, -0.05) is 30.3 Å². The van der Waals surface area contributed by atoms with Gasteiger partial charge in [0.2, 0.25) is 6.79 Å². The van der Waals surface area contributed by atoms with E-state index in [-0.39, 0.29) is 6.79 Å². The normalized spacial score (nSPS) is 15.7. The molecule has 4 rings (SSSR count). The molecule has 0 radical (unpaired) electrons. The van der Waals surface area contributed by atoms with Gasteiger partial charge in [0.25, 0.3) is 0 Å². The second-order valence-electron chi connectivity index (χ2n) is 5.05. The number of benzene rings is 2. The SMILES string of the molecule is CSC1=NN=C(c2ccccc2)c2cc3c(cc2C1)OCO3. The lowest BCUT2D eigenvalue weighted by Crippen LogP contribution is -2.06. The summed E-state index contributed by atoms with van der Waals surface area (Å²) in [6.07, 6.45) is 2.78. The van der Waals surface area contributed by atoms with E-state index in [0.717, 1.165) is 45.4 Å². The first kappa shape index (κ1) is 13.4. The number of ether oxygens (including phenoxy) is 2. The second-order valence-corrected chi connectivity index (χ2v) is 5.93. The number of rotatable bonds is 1. The Labute approximate surface area is 132 Å². The van der Waals surface area contributed by atoms with Crippen LogP contribution in [-0.4, -0.2) is 23.8 Å². The molecule has 0 unspecified atom stereocenters. The standard InChI is InChI=1S/C17H14N2O2S/c1-22-16-8-12-7-14-15(21-10-20-14)9-13(12)17(19-18-16)11-5-3-2-4-6-11/h2-7,9H,8,10H2,1H3. The summed E-state index contributed by atoms with van der Waals surface area (Å²) in [4.78, 5) is 0. The van der Waals surface area contributed by atoms with Crippen molar-refractivity contribution in [3.05, 3.63) is 59.2 Å². The van der Waals surface area contributed by atoms with Gasteiger partial charge < -0.3 is 9.47 Å². The maximum Gasteiger partial charge on any atom is 0.231 e. The van der Waals surface area contributed by atoms with Crippen LogP contribution in [0, 0.1) is 0 Å². The molecule has 110 valence electrons. The van der Waals surface area contributed by atoms with Crippen LogP contribution in [0.1, 0.15) is 16.7 Å². The van der Waals surface area contributed by atoms with E-state index in [1.807, 2.05) is 48.7 Å². The zero-order valence-electron chi connectivity index (χ0n) is 12.1. The zero-order chi connectivity index (χ0) is 14.9. The smallest absolute Gasteiger partial charge is 0.231 e. The highest BCUT2D eigenvalue weighted by atomic mass is 32.2. The average molecular weight is 310 g/mol. The first-order valence-electron chi connectivity index (χ1n) is 7.02. The fraction of sp³-hybridized carbons (Fsp3) is 0.176. The zero-order valence-corrected chi connectivity index (χ0v) is 12.9. The average Bonchev–Trinajstić information content (AvgIpc) is 2.93. The van der Waals surface area contributed by atoms with Crippen LogP contribution in [0.4, 0.5) is 0 Å². The quantitative estimate of drug-likeness (QED) is 0.810. The van der Waals surface area contributed by atoms with E-state index in [0.29, 0.717) is 0 Å². The Morgan fingerprint density at radius 2 is 1.77 bits per heavy atom. The van der Waals surface area contributed by atoms with Gasteiger partial charge in [0.1, 0.15) is 5.71 Å². The molecular formula is C17H14N2O2S. The molecule has 0 bridgehead atoms. The van der Waals surface area contributed by atoms with Crippen molar-refractivity contribution in [1.29, 1.82) is 0 Å². The van der Waals surface area contributed by atoms with Crippen molar-refractivity contribution in [2.75, 3.05) is 13.0 Å². The molecule has 0 N–H and O–H groups in total. The van der Waals surface area contributed by atoms with Gasteiger partial charge in [0.05, 0.1) is 5.04 Å². The lowest BCUT2D eigenvalue weighted by atomic mass is 9.95. The van der Waals surface area contributed by atoms with Crippen LogP contribution >= 0.6 is 11.8 Å². The largest absolute Gasteiger partial charge is 0.454 e. The molecular weight excluding hydrogens is 296 g/mol. The summed E-state index contributed by atoms with van der Waals surface area (Å²) >= 11 is 1.62. The first-order valence-corrected chi connectivity index (χ1v) is 8.24. The van der Waals surface area contributed by atoms with Crippen molar-refractivity contribution in [1.82, 2.24) is 0 Å². The van der Waals surface area contributed by atoms with E-state index >= 15 is 0 Å². The first-order chi connectivity index (χ1) is 10.8. The number of hydrogen-bond acceptors (Lipinski definition) is 5. The highest BCUT2D eigenvalue weighted by Gasteiger charge is 2.23. The van der Waals surface area contributed by atoms with Gasteiger partial charge >= 0.3 is 0 Å². The molecule has 0 saturated heterocycles. The second kappa shape index (κ2) is 5.50. The summed E-state index contributed by atoms with van der Waals surface area (Å²) < 4.78 is 11.0. The predicted molar refractivity (Wildman–Crippen MR) is 89.3 cm³/mol. The number of thioether (sulfide) groups is 1. The molecule has 2 aromatic carbocycles. The summed E-state index contributed by atoms with van der Waals surface area (Å²) in [5.74, 6) is 1.57. The molecule has 0 saturated carbocycles. The summed E-state index contributed by atoms with van der Waals surface area (Å²) in [6.45, 7) is 0.277. The molecule has 2 aliphatic heterocycles. The highest BCUT2D eigenvalue weighted by molar-refractivity contribution is 8.13. The van der Waals surface area contributed by atoms with E-state index in [9.17, 15) is 0 Å². The predicted octanol–water partition coefficient (Wildman–Crippen LogP) is 3.49. The Balaban J connectivity index is 1.91. The van der Waals surface area contributed by atoms with Crippen molar-refractivity contribution in [3.63, 3.8) is 0 Å². The Kier molecular flexibility index (Phi) is 3.35. The van der Waals surface area contributed by atoms with Crippen molar-refractivity contribution in [2.24, 2.45) is 10.2 Å². The molecule has 0 spiro atoms. The minimum absolute atomic E-state index is 0.277. The fourth-order valence-corrected chi connectivity index (χ4v) is 3.05. The van der Waals surface area contributed by atoms with Gasteiger partial charge in [-0.05, 0) is 24.0 Å². The molecule has 0 atom stereocenters. The third-order valence-corrected chi connectivity index (χ3v) is 4.44. The lowest BCUT2D eigenvalue weighted by Gasteiger charge is -2.10. The van der Waals surface area contributed by atoms with E-state index in [1.165, 1.54) is 0 Å². The monoisotopic (exact) mass is 310 g/mol. The van der Waals surface area contributed by atoms with Gasteiger partial charge in [-0.2, -0.15) is 0 Å². The van der Waals surface area contributed by atoms with Crippen molar-refractivity contribution in [3.8, 4) is 11.5 Å². The van der Waals surface area contributed by atoms with Crippen LogP contribution in [0.25, 0.3) is 0 Å². The summed E-state index contributed by atoms with van der Waals surface area (Å²) in [5, 5.41) is 9.89. The van der Waals surface area contributed by atoms with E-state index in [1.54, 1.807) is 11.8 Å². The Bertz CT molecular complexity index is 785. The van der Waals surface area contributed by atoms with E-state index in [4.69, 9.17) is 9.47 Å². The minimum atomic E-state index is 0.277. The Hall–Kier alpha value is -2.27. The molecule has 0 amide bonds. The summed E-state index contributed by atoms with van der Waals surface area (Å²) in [6, 6.07) is 14.2. The number of nitrogens with zero attached hydrogens (tertiary/aromatic N) is 2. The van der Waals surface area contributed by atoms with E-state index < -0.39 is 0 Å². The van der Waals surface area contributed by atoms with Crippen LogP contribution in [-0.2, 0) is 6.42 Å². The van der Waals surface area contributed by atoms with Crippen LogP contribution in [0.3, 0.4) is 0 Å². The molecule has 2 aromatic rings. The van der Waals surface area contributed by atoms with Gasteiger partial charge in [-0.15, -0.1) is 22.0 Å². The number of fused-ring (bicyclic) bond motifs is 2. The molecule has 22 heavy (non-hydrogen) atoms. The highest BCUT2D eigenvalue weighted by Crippen LogP contribution is 2.37.